The lowest BCUT2D eigenvalue weighted by atomic mass is 10.2. The highest BCUT2D eigenvalue weighted by Crippen LogP contribution is 2.19. The molecule has 0 unspecified atom stereocenters. The van der Waals surface area contributed by atoms with Gasteiger partial charge >= 0.3 is 0 Å². The molecule has 126 valence electrons. The standard InChI is InChI=1S/C16H13N5O4/c22-16(11-25-13-7-5-12(6-8-13)21(23)24)18-14-3-1-2-4-15(14)20-10-9-17-19-20/h1-10H,11H2,(H,18,22). The topological polar surface area (TPSA) is 112 Å². The molecule has 25 heavy (non-hydrogen) atoms. The van der Waals surface area contributed by atoms with Crippen molar-refractivity contribution in [3.8, 4) is 11.4 Å². The fourth-order valence-corrected chi connectivity index (χ4v) is 2.12. The fraction of sp³-hybridized carbons (Fsp3) is 0.0625. The Morgan fingerprint density at radius 3 is 2.64 bits per heavy atom. The van der Waals surface area contributed by atoms with Crippen LogP contribution in [0.3, 0.4) is 0 Å². The van der Waals surface area contributed by atoms with Gasteiger partial charge in [0.2, 0.25) is 0 Å². The number of hydrogen-bond donors (Lipinski definition) is 1. The lowest BCUT2D eigenvalue weighted by molar-refractivity contribution is -0.384. The Hall–Kier alpha value is -3.75. The van der Waals surface area contributed by atoms with Gasteiger partial charge in [0.05, 0.1) is 28.7 Å². The van der Waals surface area contributed by atoms with Crippen LogP contribution < -0.4 is 10.1 Å². The van der Waals surface area contributed by atoms with E-state index < -0.39 is 4.92 Å². The molecule has 0 radical (unpaired) electrons. The normalized spacial score (nSPS) is 10.2. The summed E-state index contributed by atoms with van der Waals surface area (Å²) in [5, 5.41) is 21.0. The van der Waals surface area contributed by atoms with Crippen LogP contribution in [0.4, 0.5) is 11.4 Å². The highest BCUT2D eigenvalue weighted by Gasteiger charge is 2.10. The van der Waals surface area contributed by atoms with Crippen molar-refractivity contribution >= 4 is 17.3 Å². The number of nitro groups is 1. The lowest BCUT2D eigenvalue weighted by Gasteiger charge is -2.11. The van der Waals surface area contributed by atoms with E-state index in [0.29, 0.717) is 17.1 Å². The second-order valence-corrected chi connectivity index (χ2v) is 4.95. The number of hydrogen-bond acceptors (Lipinski definition) is 6. The molecule has 1 N–H and O–H groups in total. The summed E-state index contributed by atoms with van der Waals surface area (Å²) in [5.74, 6) is -0.00349. The highest BCUT2D eigenvalue weighted by atomic mass is 16.6. The van der Waals surface area contributed by atoms with E-state index in [2.05, 4.69) is 15.6 Å². The van der Waals surface area contributed by atoms with E-state index in [1.54, 1.807) is 24.4 Å². The van der Waals surface area contributed by atoms with Gasteiger partial charge in [0.15, 0.2) is 6.61 Å². The van der Waals surface area contributed by atoms with E-state index in [0.717, 1.165) is 0 Å². The van der Waals surface area contributed by atoms with E-state index in [1.165, 1.54) is 35.1 Å². The van der Waals surface area contributed by atoms with E-state index in [9.17, 15) is 14.9 Å². The number of rotatable bonds is 6. The van der Waals surface area contributed by atoms with Crippen LogP contribution >= 0.6 is 0 Å². The number of ether oxygens (including phenoxy) is 1. The van der Waals surface area contributed by atoms with Crippen molar-refractivity contribution in [3.05, 3.63) is 71.0 Å². The third-order valence-corrected chi connectivity index (χ3v) is 3.26. The minimum Gasteiger partial charge on any atom is -0.484 e. The molecule has 3 aromatic rings. The molecular formula is C16H13N5O4. The quantitative estimate of drug-likeness (QED) is 0.544. The Morgan fingerprint density at radius 1 is 1.20 bits per heavy atom. The molecule has 2 aromatic carbocycles. The number of non-ortho nitro benzene ring substituents is 1. The molecule has 1 heterocycles. The SMILES string of the molecule is O=C(COc1ccc([N+](=O)[O-])cc1)Nc1ccccc1-n1ccnn1. The molecule has 9 heteroatoms. The molecule has 0 saturated carbocycles. The zero-order valence-corrected chi connectivity index (χ0v) is 12.9. The molecule has 0 spiro atoms. The predicted molar refractivity (Wildman–Crippen MR) is 88.6 cm³/mol. The number of amides is 1. The zero-order chi connectivity index (χ0) is 17.6. The number of nitrogens with zero attached hydrogens (tertiary/aromatic N) is 4. The Balaban J connectivity index is 1.63. The summed E-state index contributed by atoms with van der Waals surface area (Å²) in [6.07, 6.45) is 3.20. The number of para-hydroxylation sites is 2. The van der Waals surface area contributed by atoms with Gasteiger partial charge < -0.3 is 10.1 Å². The Bertz CT molecular complexity index is 878. The zero-order valence-electron chi connectivity index (χ0n) is 12.9. The summed E-state index contributed by atoms with van der Waals surface area (Å²) in [7, 11) is 0. The highest BCUT2D eigenvalue weighted by molar-refractivity contribution is 5.93. The third kappa shape index (κ3) is 3.96. The number of aromatic nitrogens is 3. The van der Waals surface area contributed by atoms with E-state index in [4.69, 9.17) is 4.74 Å². The summed E-state index contributed by atoms with van der Waals surface area (Å²) in [6.45, 7) is -0.233. The van der Waals surface area contributed by atoms with Crippen LogP contribution in [-0.4, -0.2) is 32.4 Å². The molecule has 0 bridgehead atoms. The first-order valence-corrected chi connectivity index (χ1v) is 7.26. The Kier molecular flexibility index (Phi) is 4.65. The minimum absolute atomic E-state index is 0.0430. The Morgan fingerprint density at radius 2 is 1.96 bits per heavy atom. The molecule has 1 amide bonds. The third-order valence-electron chi connectivity index (χ3n) is 3.26. The number of nitrogens with one attached hydrogen (secondary N) is 1. The maximum atomic E-state index is 12.1. The van der Waals surface area contributed by atoms with Crippen molar-refractivity contribution in [3.63, 3.8) is 0 Å². The average Bonchev–Trinajstić information content (AvgIpc) is 3.15. The van der Waals surface area contributed by atoms with Gasteiger partial charge in [-0.1, -0.05) is 17.3 Å². The van der Waals surface area contributed by atoms with Gasteiger partial charge in [-0.15, -0.1) is 5.10 Å². The van der Waals surface area contributed by atoms with E-state index in [1.807, 2.05) is 6.07 Å². The molecule has 0 aliphatic rings. The molecule has 0 saturated heterocycles. The smallest absolute Gasteiger partial charge is 0.269 e. The van der Waals surface area contributed by atoms with Crippen LogP contribution in [0, 0.1) is 10.1 Å². The van der Waals surface area contributed by atoms with Gasteiger partial charge in [-0.25, -0.2) is 4.68 Å². The van der Waals surface area contributed by atoms with Crippen molar-refractivity contribution in [2.45, 2.75) is 0 Å². The lowest BCUT2D eigenvalue weighted by Crippen LogP contribution is -2.21. The van der Waals surface area contributed by atoms with Gasteiger partial charge in [0.25, 0.3) is 11.6 Å². The first-order chi connectivity index (χ1) is 12.1. The van der Waals surface area contributed by atoms with Gasteiger partial charge in [0.1, 0.15) is 5.75 Å². The summed E-state index contributed by atoms with van der Waals surface area (Å²) < 4.78 is 6.87. The van der Waals surface area contributed by atoms with Gasteiger partial charge in [-0.2, -0.15) is 0 Å². The molecule has 0 fully saturated rings. The van der Waals surface area contributed by atoms with Gasteiger partial charge in [-0.05, 0) is 24.3 Å². The second-order valence-electron chi connectivity index (χ2n) is 4.95. The second kappa shape index (κ2) is 7.21. The van der Waals surface area contributed by atoms with Crippen molar-refractivity contribution in [1.29, 1.82) is 0 Å². The molecule has 3 rings (SSSR count). The first-order valence-electron chi connectivity index (χ1n) is 7.26. The van der Waals surface area contributed by atoms with E-state index >= 15 is 0 Å². The average molecular weight is 339 g/mol. The largest absolute Gasteiger partial charge is 0.484 e. The van der Waals surface area contributed by atoms with Crippen LogP contribution in [0.1, 0.15) is 0 Å². The summed E-state index contributed by atoms with van der Waals surface area (Å²) in [5.41, 5.74) is 1.19. The minimum atomic E-state index is -0.502. The van der Waals surface area contributed by atoms with Crippen LogP contribution in [0.5, 0.6) is 5.75 Å². The summed E-state index contributed by atoms with van der Waals surface area (Å²) in [6, 6.07) is 12.6. The first kappa shape index (κ1) is 16.1. The number of carbonyl (C=O) groups is 1. The van der Waals surface area contributed by atoms with Crippen molar-refractivity contribution < 1.29 is 14.5 Å². The number of anilines is 1. The number of benzene rings is 2. The van der Waals surface area contributed by atoms with Crippen molar-refractivity contribution in [2.75, 3.05) is 11.9 Å². The van der Waals surface area contributed by atoms with E-state index in [-0.39, 0.29) is 18.2 Å². The molecule has 9 nitrogen and oxygen atoms in total. The molecule has 0 atom stereocenters. The molecule has 0 aliphatic heterocycles. The fourth-order valence-electron chi connectivity index (χ4n) is 2.12. The van der Waals surface area contributed by atoms with Crippen LogP contribution in [0.15, 0.2) is 60.9 Å². The number of carbonyl (C=O) groups excluding carboxylic acids is 1. The summed E-state index contributed by atoms with van der Waals surface area (Å²) in [4.78, 5) is 22.2. The predicted octanol–water partition coefficient (Wildman–Crippen LogP) is 2.19. The maximum Gasteiger partial charge on any atom is 0.269 e. The van der Waals surface area contributed by atoms with Crippen LogP contribution in [0.2, 0.25) is 0 Å². The van der Waals surface area contributed by atoms with Crippen LogP contribution in [-0.2, 0) is 4.79 Å². The van der Waals surface area contributed by atoms with Crippen molar-refractivity contribution in [2.24, 2.45) is 0 Å². The summed E-state index contributed by atoms with van der Waals surface area (Å²) >= 11 is 0. The monoisotopic (exact) mass is 339 g/mol. The maximum absolute atomic E-state index is 12.1. The number of nitro benzene ring substituents is 1. The molecular weight excluding hydrogens is 326 g/mol. The Labute approximate surface area is 142 Å². The van der Waals surface area contributed by atoms with Crippen molar-refractivity contribution in [1.82, 2.24) is 15.0 Å². The molecule has 1 aromatic heterocycles. The molecule has 0 aliphatic carbocycles. The van der Waals surface area contributed by atoms with Gasteiger partial charge in [0, 0.05) is 12.1 Å². The van der Waals surface area contributed by atoms with Gasteiger partial charge in [-0.3, -0.25) is 14.9 Å². The van der Waals surface area contributed by atoms with Crippen LogP contribution in [0.25, 0.3) is 5.69 Å².